The number of urea groups is 1. The van der Waals surface area contributed by atoms with E-state index in [4.69, 9.17) is 0 Å². The first-order chi connectivity index (χ1) is 6.69. The zero-order valence-electron chi connectivity index (χ0n) is 8.88. The summed E-state index contributed by atoms with van der Waals surface area (Å²) in [5, 5.41) is 2.85. The molecule has 14 heavy (non-hydrogen) atoms. The first-order valence-electron chi connectivity index (χ1n) is 5.29. The minimum atomic E-state index is -0.221. The van der Waals surface area contributed by atoms with Crippen molar-refractivity contribution in [1.29, 1.82) is 0 Å². The van der Waals surface area contributed by atoms with Crippen molar-refractivity contribution in [2.45, 2.75) is 45.6 Å². The lowest BCUT2D eigenvalue weighted by Gasteiger charge is -2.30. The maximum atomic E-state index is 11.5. The van der Waals surface area contributed by atoms with Crippen molar-refractivity contribution in [2.75, 3.05) is 6.54 Å². The number of hydrogen-bond acceptors (Lipinski definition) is 2. The third-order valence-corrected chi connectivity index (χ3v) is 2.38. The highest BCUT2D eigenvalue weighted by atomic mass is 16.2. The van der Waals surface area contributed by atoms with Crippen LogP contribution in [0.1, 0.15) is 39.5 Å². The van der Waals surface area contributed by atoms with Crippen LogP contribution in [-0.4, -0.2) is 29.4 Å². The van der Waals surface area contributed by atoms with Crippen LogP contribution in [0.3, 0.4) is 0 Å². The fraction of sp³-hybridized carbons (Fsp3) is 0.800. The van der Waals surface area contributed by atoms with Crippen LogP contribution >= 0.6 is 0 Å². The Kier molecular flexibility index (Phi) is 3.92. The van der Waals surface area contributed by atoms with Crippen LogP contribution < -0.4 is 5.32 Å². The van der Waals surface area contributed by atoms with Gasteiger partial charge in [0.25, 0.3) is 0 Å². The summed E-state index contributed by atoms with van der Waals surface area (Å²) < 4.78 is 0. The third kappa shape index (κ3) is 2.47. The number of hydrogen-bond donors (Lipinski definition) is 1. The quantitative estimate of drug-likeness (QED) is 0.744. The van der Waals surface area contributed by atoms with Crippen molar-refractivity contribution in [3.8, 4) is 0 Å². The molecule has 3 amide bonds. The molecule has 1 N–H and O–H groups in total. The fourth-order valence-corrected chi connectivity index (χ4v) is 1.71. The summed E-state index contributed by atoms with van der Waals surface area (Å²) >= 11 is 0. The molecule has 80 valence electrons. The monoisotopic (exact) mass is 198 g/mol. The van der Waals surface area contributed by atoms with Crippen LogP contribution in [0.4, 0.5) is 4.79 Å². The molecule has 1 saturated heterocycles. The number of amides is 3. The summed E-state index contributed by atoms with van der Waals surface area (Å²) in [6.07, 6.45) is 3.15. The molecule has 1 fully saturated rings. The third-order valence-electron chi connectivity index (χ3n) is 2.38. The highest BCUT2D eigenvalue weighted by molar-refractivity contribution is 5.97. The van der Waals surface area contributed by atoms with Crippen molar-refractivity contribution in [3.63, 3.8) is 0 Å². The molecule has 0 aromatic rings. The molecule has 0 radical (unpaired) electrons. The number of nitrogens with zero attached hydrogens (tertiary/aromatic N) is 1. The van der Waals surface area contributed by atoms with E-state index in [1.165, 1.54) is 4.90 Å². The molecule has 1 unspecified atom stereocenters. The molecule has 0 saturated carbocycles. The zero-order chi connectivity index (χ0) is 10.6. The lowest BCUT2D eigenvalue weighted by molar-refractivity contribution is -0.130. The molecule has 4 nitrogen and oxygen atoms in total. The van der Waals surface area contributed by atoms with E-state index in [9.17, 15) is 9.59 Å². The van der Waals surface area contributed by atoms with Crippen molar-refractivity contribution in [2.24, 2.45) is 0 Å². The van der Waals surface area contributed by atoms with Crippen molar-refractivity contribution in [3.05, 3.63) is 0 Å². The first kappa shape index (κ1) is 11.0. The number of nitrogens with one attached hydrogen (secondary N) is 1. The van der Waals surface area contributed by atoms with Gasteiger partial charge in [-0.25, -0.2) is 4.79 Å². The largest absolute Gasteiger partial charge is 0.334 e. The Morgan fingerprint density at radius 3 is 2.57 bits per heavy atom. The predicted octanol–water partition coefficient (Wildman–Crippen LogP) is 1.51. The van der Waals surface area contributed by atoms with Crippen LogP contribution in [0, 0.1) is 0 Å². The Labute approximate surface area is 84.7 Å². The number of carbonyl (C=O) groups is 2. The SMILES string of the molecule is CCCC1CC(=O)N(CCC)C(=O)N1. The average Bonchev–Trinajstić information content (AvgIpc) is 2.12. The molecule has 0 aromatic carbocycles. The van der Waals surface area contributed by atoms with Gasteiger partial charge in [0, 0.05) is 19.0 Å². The average molecular weight is 198 g/mol. The van der Waals surface area contributed by atoms with Crippen LogP contribution in [0.25, 0.3) is 0 Å². The van der Waals surface area contributed by atoms with Gasteiger partial charge in [-0.05, 0) is 12.8 Å². The van der Waals surface area contributed by atoms with E-state index in [1.54, 1.807) is 0 Å². The van der Waals surface area contributed by atoms with E-state index in [1.807, 2.05) is 6.92 Å². The molecule has 1 atom stereocenters. The molecule has 0 aliphatic carbocycles. The topological polar surface area (TPSA) is 49.4 Å². The Balaban J connectivity index is 2.54. The second-order valence-corrected chi connectivity index (χ2v) is 3.68. The van der Waals surface area contributed by atoms with E-state index in [2.05, 4.69) is 12.2 Å². The lowest BCUT2D eigenvalue weighted by Crippen LogP contribution is -2.54. The smallest absolute Gasteiger partial charge is 0.324 e. The van der Waals surface area contributed by atoms with Crippen molar-refractivity contribution < 1.29 is 9.59 Å². The Morgan fingerprint density at radius 1 is 1.36 bits per heavy atom. The Bertz CT molecular complexity index is 210. The van der Waals surface area contributed by atoms with Crippen molar-refractivity contribution >= 4 is 11.9 Å². The van der Waals surface area contributed by atoms with Crippen LogP contribution in [0.2, 0.25) is 0 Å². The molecule has 0 spiro atoms. The molecule has 0 bridgehead atoms. The number of imide groups is 1. The van der Waals surface area contributed by atoms with Gasteiger partial charge < -0.3 is 5.32 Å². The highest BCUT2D eigenvalue weighted by Crippen LogP contribution is 2.11. The maximum Gasteiger partial charge on any atom is 0.324 e. The van der Waals surface area contributed by atoms with Crippen LogP contribution in [0.15, 0.2) is 0 Å². The molecule has 1 aliphatic heterocycles. The minimum absolute atomic E-state index is 0.0333. The second-order valence-electron chi connectivity index (χ2n) is 3.68. The van der Waals surface area contributed by atoms with E-state index in [0.29, 0.717) is 13.0 Å². The van der Waals surface area contributed by atoms with Gasteiger partial charge in [-0.3, -0.25) is 9.69 Å². The molecule has 0 aromatic heterocycles. The second kappa shape index (κ2) is 4.98. The van der Waals surface area contributed by atoms with Gasteiger partial charge in [-0.1, -0.05) is 20.3 Å². The molecular formula is C10H18N2O2. The Morgan fingerprint density at radius 2 is 2.07 bits per heavy atom. The van der Waals surface area contributed by atoms with E-state index < -0.39 is 0 Å². The summed E-state index contributed by atoms with van der Waals surface area (Å²) in [6.45, 7) is 4.54. The zero-order valence-corrected chi connectivity index (χ0v) is 8.88. The summed E-state index contributed by atoms with van der Waals surface area (Å²) in [5.41, 5.74) is 0. The molecule has 4 heteroatoms. The van der Waals surface area contributed by atoms with Crippen LogP contribution in [-0.2, 0) is 4.79 Å². The summed E-state index contributed by atoms with van der Waals surface area (Å²) in [6, 6.07) is -0.172. The van der Waals surface area contributed by atoms with Gasteiger partial charge in [-0.2, -0.15) is 0 Å². The normalized spacial score (nSPS) is 22.4. The van der Waals surface area contributed by atoms with Gasteiger partial charge in [0.05, 0.1) is 0 Å². The minimum Gasteiger partial charge on any atom is -0.334 e. The fourth-order valence-electron chi connectivity index (χ4n) is 1.71. The Hall–Kier alpha value is -1.06. The summed E-state index contributed by atoms with van der Waals surface area (Å²) in [5.74, 6) is -0.0333. The van der Waals surface area contributed by atoms with E-state index >= 15 is 0 Å². The number of carbonyl (C=O) groups excluding carboxylic acids is 2. The predicted molar refractivity (Wildman–Crippen MR) is 53.8 cm³/mol. The molecule has 1 rings (SSSR count). The molecule has 1 heterocycles. The molecule has 1 aliphatic rings. The van der Waals surface area contributed by atoms with Gasteiger partial charge in [-0.15, -0.1) is 0 Å². The van der Waals surface area contributed by atoms with Crippen molar-refractivity contribution in [1.82, 2.24) is 10.2 Å². The summed E-state index contributed by atoms with van der Waals surface area (Å²) in [7, 11) is 0. The van der Waals surface area contributed by atoms with Gasteiger partial charge in [0.15, 0.2) is 0 Å². The maximum absolute atomic E-state index is 11.5. The first-order valence-corrected chi connectivity index (χ1v) is 5.29. The lowest BCUT2D eigenvalue weighted by atomic mass is 10.1. The van der Waals surface area contributed by atoms with Gasteiger partial charge in [0.2, 0.25) is 5.91 Å². The van der Waals surface area contributed by atoms with Crippen LogP contribution in [0.5, 0.6) is 0 Å². The highest BCUT2D eigenvalue weighted by Gasteiger charge is 2.30. The molecular weight excluding hydrogens is 180 g/mol. The van der Waals surface area contributed by atoms with Gasteiger partial charge in [0.1, 0.15) is 0 Å². The van der Waals surface area contributed by atoms with Gasteiger partial charge >= 0.3 is 6.03 Å². The number of rotatable bonds is 4. The van der Waals surface area contributed by atoms with E-state index in [-0.39, 0.29) is 18.0 Å². The van der Waals surface area contributed by atoms with E-state index in [0.717, 1.165) is 19.3 Å². The standard InChI is InChI=1S/C10H18N2O2/c1-3-5-8-7-9(13)12(6-4-2)10(14)11-8/h8H,3-7H2,1-2H3,(H,11,14). The summed E-state index contributed by atoms with van der Waals surface area (Å²) in [4.78, 5) is 24.3.